The van der Waals surface area contributed by atoms with Crippen molar-refractivity contribution >= 4 is 47.3 Å². The highest BCUT2D eigenvalue weighted by molar-refractivity contribution is 6.12. The van der Waals surface area contributed by atoms with Crippen molar-refractivity contribution in [3.63, 3.8) is 0 Å². The maximum absolute atomic E-state index is 13.4. The fraction of sp³-hybridized carbons (Fsp3) is 0.531. The van der Waals surface area contributed by atoms with Gasteiger partial charge in [-0.3, -0.25) is 28.9 Å². The number of anilines is 1. The van der Waals surface area contributed by atoms with Crippen LogP contribution in [0.5, 0.6) is 5.75 Å². The molecule has 8 amide bonds. The Hall–Kier alpha value is -5.15. The first-order chi connectivity index (χ1) is 22.8. The van der Waals surface area contributed by atoms with Crippen molar-refractivity contribution in [2.24, 2.45) is 11.7 Å². The number of hydrogen-bond donors (Lipinski definition) is 6. The van der Waals surface area contributed by atoms with Crippen LogP contribution < -0.4 is 37.1 Å². The standard InChI is InChI=1S/C32H47N7O9/c1-20(2)28(36-21(3)40)30(44)38-24(10-9-15-35-31(33)45)29(43)37-23-12-11-22(19-48-32(46)34-4)25(18-23)47-17-8-6-5-7-16-39-26(41)13-14-27(39)42/h11-14,18,20,24,28H,5-10,15-17,19H2,1-4H3,(H,34,46)(H,36,40)(H,37,43)(H,38,44)(H3,33,35,45)/t24-,28-/m0/s1. The molecule has 0 aromatic heterocycles. The van der Waals surface area contributed by atoms with E-state index in [-0.39, 0.29) is 37.3 Å². The van der Waals surface area contributed by atoms with Gasteiger partial charge < -0.3 is 41.8 Å². The van der Waals surface area contributed by atoms with E-state index in [1.54, 1.807) is 32.0 Å². The van der Waals surface area contributed by atoms with Gasteiger partial charge in [0.1, 0.15) is 24.4 Å². The Morgan fingerprint density at radius 1 is 0.917 bits per heavy atom. The number of carbonyl (C=O) groups is 7. The largest absolute Gasteiger partial charge is 0.493 e. The number of alkyl carbamates (subject to hydrolysis) is 1. The van der Waals surface area contributed by atoms with Crippen LogP contribution in [0.4, 0.5) is 15.3 Å². The fourth-order valence-electron chi connectivity index (χ4n) is 4.69. The predicted molar refractivity (Wildman–Crippen MR) is 175 cm³/mol. The SMILES string of the molecule is CNC(=O)OCc1ccc(NC(=O)[C@H](CCCNC(N)=O)NC(=O)[C@@H](NC(C)=O)C(C)C)cc1OCCCCCCN1C(=O)C=CC1=O. The quantitative estimate of drug-likeness (QED) is 0.0868. The molecule has 0 radical (unpaired) electrons. The van der Waals surface area contributed by atoms with Gasteiger partial charge in [-0.15, -0.1) is 0 Å². The number of imide groups is 1. The molecule has 0 unspecified atom stereocenters. The number of urea groups is 1. The molecular formula is C32H47N7O9. The molecule has 0 spiro atoms. The number of amides is 8. The second-order valence-corrected chi connectivity index (χ2v) is 11.5. The molecule has 264 valence electrons. The van der Waals surface area contributed by atoms with Gasteiger partial charge in [-0.1, -0.05) is 26.7 Å². The smallest absolute Gasteiger partial charge is 0.407 e. The fourth-order valence-corrected chi connectivity index (χ4v) is 4.69. The van der Waals surface area contributed by atoms with Gasteiger partial charge in [-0.2, -0.15) is 0 Å². The topological polar surface area (TPSA) is 227 Å². The average Bonchev–Trinajstić information content (AvgIpc) is 3.35. The Morgan fingerprint density at radius 3 is 2.23 bits per heavy atom. The lowest BCUT2D eigenvalue weighted by atomic mass is 10.0. The Kier molecular flexibility index (Phi) is 16.4. The van der Waals surface area contributed by atoms with Gasteiger partial charge in [0.2, 0.25) is 17.7 Å². The summed E-state index contributed by atoms with van der Waals surface area (Å²) in [6, 6.07) is 2.21. The van der Waals surface area contributed by atoms with Gasteiger partial charge >= 0.3 is 12.1 Å². The average molecular weight is 674 g/mol. The second-order valence-electron chi connectivity index (χ2n) is 11.5. The third kappa shape index (κ3) is 13.7. The highest BCUT2D eigenvalue weighted by Gasteiger charge is 2.28. The first-order valence-electron chi connectivity index (χ1n) is 15.9. The number of nitrogens with one attached hydrogen (secondary N) is 5. The Morgan fingerprint density at radius 2 is 1.60 bits per heavy atom. The summed E-state index contributed by atoms with van der Waals surface area (Å²) in [7, 11) is 1.43. The van der Waals surface area contributed by atoms with E-state index in [1.807, 2.05) is 0 Å². The Labute approximate surface area is 279 Å². The number of unbranched alkanes of at least 4 members (excludes halogenated alkanes) is 3. The number of hydrogen-bond acceptors (Lipinski definition) is 9. The molecule has 48 heavy (non-hydrogen) atoms. The van der Waals surface area contributed by atoms with Crippen LogP contribution in [0.1, 0.15) is 64.9 Å². The van der Waals surface area contributed by atoms with Crippen molar-refractivity contribution in [1.29, 1.82) is 0 Å². The third-order valence-corrected chi connectivity index (χ3v) is 7.24. The van der Waals surface area contributed by atoms with Crippen molar-refractivity contribution in [2.75, 3.05) is 32.1 Å². The van der Waals surface area contributed by atoms with Crippen molar-refractivity contribution < 1.29 is 43.0 Å². The third-order valence-electron chi connectivity index (χ3n) is 7.24. The monoisotopic (exact) mass is 673 g/mol. The lowest BCUT2D eigenvalue weighted by molar-refractivity contribution is -0.137. The molecule has 7 N–H and O–H groups in total. The van der Waals surface area contributed by atoms with Crippen molar-refractivity contribution in [2.45, 2.75) is 78.0 Å². The molecule has 1 aromatic carbocycles. The summed E-state index contributed by atoms with van der Waals surface area (Å²) in [6.45, 7) is 5.56. The first kappa shape index (κ1) is 39.0. The van der Waals surface area contributed by atoms with Gasteiger partial charge in [0, 0.05) is 56.5 Å². The number of nitrogens with zero attached hydrogens (tertiary/aromatic N) is 1. The van der Waals surface area contributed by atoms with Crippen LogP contribution in [0.2, 0.25) is 0 Å². The molecule has 1 aliphatic rings. The highest BCUT2D eigenvalue weighted by Crippen LogP contribution is 2.25. The summed E-state index contributed by atoms with van der Waals surface area (Å²) >= 11 is 0. The predicted octanol–water partition coefficient (Wildman–Crippen LogP) is 1.44. The van der Waals surface area contributed by atoms with Crippen LogP contribution in [0.3, 0.4) is 0 Å². The number of rotatable bonds is 20. The number of ether oxygens (including phenoxy) is 2. The molecule has 0 bridgehead atoms. The van der Waals surface area contributed by atoms with Gasteiger partial charge in [-0.25, -0.2) is 9.59 Å². The zero-order valence-corrected chi connectivity index (χ0v) is 27.9. The minimum Gasteiger partial charge on any atom is -0.493 e. The summed E-state index contributed by atoms with van der Waals surface area (Å²) in [5.41, 5.74) is 6.03. The molecule has 1 aliphatic heterocycles. The molecule has 2 atom stereocenters. The van der Waals surface area contributed by atoms with E-state index in [0.29, 0.717) is 49.4 Å². The summed E-state index contributed by atoms with van der Waals surface area (Å²) in [5.74, 6) is -1.97. The Balaban J connectivity index is 2.09. The zero-order valence-electron chi connectivity index (χ0n) is 27.9. The van der Waals surface area contributed by atoms with E-state index in [9.17, 15) is 33.6 Å². The zero-order chi connectivity index (χ0) is 35.6. The molecule has 0 saturated heterocycles. The van der Waals surface area contributed by atoms with E-state index in [4.69, 9.17) is 15.2 Å². The van der Waals surface area contributed by atoms with Crippen LogP contribution in [-0.4, -0.2) is 85.4 Å². The van der Waals surface area contributed by atoms with Crippen LogP contribution in [0.25, 0.3) is 0 Å². The molecular weight excluding hydrogens is 626 g/mol. The maximum atomic E-state index is 13.4. The number of nitrogens with two attached hydrogens (primary N) is 1. The second kappa shape index (κ2) is 20.2. The summed E-state index contributed by atoms with van der Waals surface area (Å²) in [4.78, 5) is 85.6. The summed E-state index contributed by atoms with van der Waals surface area (Å²) in [5, 5.41) is 12.9. The molecule has 1 aromatic rings. The van der Waals surface area contributed by atoms with Crippen molar-refractivity contribution in [3.8, 4) is 5.75 Å². The van der Waals surface area contributed by atoms with Gasteiger partial charge in [0.05, 0.1) is 6.61 Å². The molecule has 0 saturated carbocycles. The van der Waals surface area contributed by atoms with E-state index in [0.717, 1.165) is 12.8 Å². The minimum atomic E-state index is -1.02. The lowest BCUT2D eigenvalue weighted by Crippen LogP contribution is -2.54. The minimum absolute atomic E-state index is 0.0968. The molecule has 2 rings (SSSR count). The molecule has 0 aliphatic carbocycles. The first-order valence-corrected chi connectivity index (χ1v) is 15.9. The van der Waals surface area contributed by atoms with Crippen molar-refractivity contribution in [3.05, 3.63) is 35.9 Å². The normalized spacial score (nSPS) is 13.5. The van der Waals surface area contributed by atoms with Gasteiger partial charge in [0.25, 0.3) is 11.8 Å². The van der Waals surface area contributed by atoms with Crippen LogP contribution in [0.15, 0.2) is 30.4 Å². The number of carbonyl (C=O) groups excluding carboxylic acids is 7. The molecule has 0 fully saturated rings. The van der Waals surface area contributed by atoms with Crippen LogP contribution in [-0.2, 0) is 35.3 Å². The van der Waals surface area contributed by atoms with Gasteiger partial charge in [-0.05, 0) is 43.7 Å². The van der Waals surface area contributed by atoms with E-state index < -0.39 is 41.9 Å². The molecule has 16 heteroatoms. The maximum Gasteiger partial charge on any atom is 0.407 e. The number of primary amides is 1. The number of benzene rings is 1. The van der Waals surface area contributed by atoms with E-state index >= 15 is 0 Å². The summed E-state index contributed by atoms with van der Waals surface area (Å²) in [6.07, 6.45) is 5.21. The van der Waals surface area contributed by atoms with Crippen LogP contribution in [0, 0.1) is 5.92 Å². The highest BCUT2D eigenvalue weighted by atomic mass is 16.5. The lowest BCUT2D eigenvalue weighted by Gasteiger charge is -2.25. The van der Waals surface area contributed by atoms with Gasteiger partial charge in [0.15, 0.2) is 0 Å². The van der Waals surface area contributed by atoms with Crippen LogP contribution >= 0.6 is 0 Å². The Bertz CT molecular complexity index is 1330. The molecule has 1 heterocycles. The summed E-state index contributed by atoms with van der Waals surface area (Å²) < 4.78 is 11.2. The van der Waals surface area contributed by atoms with E-state index in [1.165, 1.54) is 31.0 Å². The van der Waals surface area contributed by atoms with Crippen molar-refractivity contribution in [1.82, 2.24) is 26.2 Å². The van der Waals surface area contributed by atoms with E-state index in [2.05, 4.69) is 26.6 Å². The molecule has 16 nitrogen and oxygen atoms in total.